The van der Waals surface area contributed by atoms with E-state index in [2.05, 4.69) is 61.6 Å². The van der Waals surface area contributed by atoms with E-state index < -0.39 is 0 Å². The molecule has 0 atom stereocenters. The maximum Gasteiger partial charge on any atom is 0.0751 e. The molecule has 0 spiro atoms. The first-order chi connectivity index (χ1) is 13.3. The van der Waals surface area contributed by atoms with Gasteiger partial charge in [-0.05, 0) is 59.6 Å². The molecule has 0 nitrogen and oxygen atoms in total. The van der Waals surface area contributed by atoms with Gasteiger partial charge in [0.1, 0.15) is 0 Å². The zero-order valence-electron chi connectivity index (χ0n) is 17.6. The number of rotatable bonds is 9. The first kappa shape index (κ1) is 21.6. The summed E-state index contributed by atoms with van der Waals surface area (Å²) in [5, 5.41) is 0. The molecule has 1 aliphatic heterocycles. The third-order valence-electron chi connectivity index (χ3n) is 6.69. The molecule has 0 amide bonds. The maximum absolute atomic E-state index is 2.42. The molecule has 2 heteroatoms. The summed E-state index contributed by atoms with van der Waals surface area (Å²) in [4.78, 5) is 0. The predicted octanol–water partition coefficient (Wildman–Crippen LogP) is 8.51. The number of benzene rings is 1. The van der Waals surface area contributed by atoms with Crippen molar-refractivity contribution in [3.8, 4) is 0 Å². The van der Waals surface area contributed by atoms with Gasteiger partial charge in [-0.2, -0.15) is 0 Å². The second kappa shape index (κ2) is 11.8. The molecule has 0 N–H and O–H groups in total. The Bertz CT molecular complexity index is 508. The van der Waals surface area contributed by atoms with Gasteiger partial charge in [-0.25, -0.2) is 0 Å². The molecule has 152 valence electrons. The highest BCUT2D eigenvalue weighted by molar-refractivity contribution is 8.16. The Labute approximate surface area is 177 Å². The Balaban J connectivity index is 1.38. The minimum atomic E-state index is 0.672. The van der Waals surface area contributed by atoms with Crippen molar-refractivity contribution in [2.45, 2.75) is 89.1 Å². The highest BCUT2D eigenvalue weighted by Gasteiger charge is 2.23. The molecule has 1 saturated carbocycles. The summed E-state index contributed by atoms with van der Waals surface area (Å²) in [6.45, 7) is 4.65. The van der Waals surface area contributed by atoms with Crippen LogP contribution in [0.1, 0.15) is 93.8 Å². The number of hydrogen-bond donors (Lipinski definition) is 0. The van der Waals surface area contributed by atoms with Crippen LogP contribution in [0.4, 0.5) is 0 Å². The molecule has 1 aromatic rings. The molecule has 3 rings (SSSR count). The SMILES string of the molecule is CCCCC1CSC(c2ccc(CCC3CCC(CCC)CC3)cc2)SC1. The van der Waals surface area contributed by atoms with Crippen molar-refractivity contribution in [1.82, 2.24) is 0 Å². The van der Waals surface area contributed by atoms with E-state index in [4.69, 9.17) is 0 Å². The fourth-order valence-corrected chi connectivity index (χ4v) is 7.99. The van der Waals surface area contributed by atoms with E-state index in [0.717, 1.165) is 17.8 Å². The summed E-state index contributed by atoms with van der Waals surface area (Å²) in [5.74, 6) is 5.70. The lowest BCUT2D eigenvalue weighted by Crippen LogP contribution is -2.15. The highest BCUT2D eigenvalue weighted by Crippen LogP contribution is 2.46. The molecule has 0 unspecified atom stereocenters. The van der Waals surface area contributed by atoms with E-state index in [1.54, 1.807) is 11.1 Å². The van der Waals surface area contributed by atoms with Crippen molar-refractivity contribution >= 4 is 23.5 Å². The summed E-state index contributed by atoms with van der Waals surface area (Å²) in [6, 6.07) is 9.68. The van der Waals surface area contributed by atoms with Gasteiger partial charge >= 0.3 is 0 Å². The van der Waals surface area contributed by atoms with Crippen molar-refractivity contribution in [3.05, 3.63) is 35.4 Å². The molecule has 0 radical (unpaired) electrons. The lowest BCUT2D eigenvalue weighted by atomic mass is 9.78. The van der Waals surface area contributed by atoms with E-state index in [9.17, 15) is 0 Å². The summed E-state index contributed by atoms with van der Waals surface area (Å²) in [6.07, 6.45) is 15.7. The third kappa shape index (κ3) is 7.03. The molecule has 27 heavy (non-hydrogen) atoms. The first-order valence-electron chi connectivity index (χ1n) is 11.6. The van der Waals surface area contributed by atoms with Gasteiger partial charge in [0.25, 0.3) is 0 Å². The van der Waals surface area contributed by atoms with Gasteiger partial charge in [0.05, 0.1) is 4.58 Å². The average Bonchev–Trinajstić information content (AvgIpc) is 2.73. The topological polar surface area (TPSA) is 0 Å². The molecular weight excluding hydrogens is 364 g/mol. The summed E-state index contributed by atoms with van der Waals surface area (Å²) >= 11 is 4.37. The monoisotopic (exact) mass is 404 g/mol. The quantitative estimate of drug-likeness (QED) is 0.404. The van der Waals surface area contributed by atoms with Crippen molar-refractivity contribution in [3.63, 3.8) is 0 Å². The van der Waals surface area contributed by atoms with Crippen molar-refractivity contribution < 1.29 is 0 Å². The van der Waals surface area contributed by atoms with Crippen LogP contribution >= 0.6 is 23.5 Å². The molecule has 1 saturated heterocycles. The smallest absolute Gasteiger partial charge is 0.0751 e. The van der Waals surface area contributed by atoms with Gasteiger partial charge < -0.3 is 0 Å². The Morgan fingerprint density at radius 1 is 0.741 bits per heavy atom. The van der Waals surface area contributed by atoms with Gasteiger partial charge in [0.2, 0.25) is 0 Å². The predicted molar refractivity (Wildman–Crippen MR) is 126 cm³/mol. The van der Waals surface area contributed by atoms with E-state index in [1.807, 2.05) is 0 Å². The number of thioether (sulfide) groups is 2. The van der Waals surface area contributed by atoms with Crippen molar-refractivity contribution in [2.75, 3.05) is 11.5 Å². The second-order valence-corrected chi connectivity index (χ2v) is 11.5. The Kier molecular flexibility index (Phi) is 9.46. The van der Waals surface area contributed by atoms with Crippen molar-refractivity contribution in [1.29, 1.82) is 0 Å². The summed E-state index contributed by atoms with van der Waals surface area (Å²) in [5.41, 5.74) is 3.10. The van der Waals surface area contributed by atoms with E-state index >= 15 is 0 Å². The molecule has 0 aromatic heterocycles. The fourth-order valence-electron chi connectivity index (χ4n) is 4.82. The zero-order valence-corrected chi connectivity index (χ0v) is 19.3. The maximum atomic E-state index is 2.42. The molecule has 1 aromatic carbocycles. The van der Waals surface area contributed by atoms with Crippen LogP contribution in [0.5, 0.6) is 0 Å². The van der Waals surface area contributed by atoms with Crippen molar-refractivity contribution in [2.24, 2.45) is 17.8 Å². The van der Waals surface area contributed by atoms with Crippen LogP contribution in [0.15, 0.2) is 24.3 Å². The Morgan fingerprint density at radius 2 is 1.37 bits per heavy atom. The van der Waals surface area contributed by atoms with Crippen LogP contribution in [-0.4, -0.2) is 11.5 Å². The minimum absolute atomic E-state index is 0.672. The van der Waals surface area contributed by atoms with Crippen LogP contribution in [0.3, 0.4) is 0 Å². The Hall–Kier alpha value is -0.0800. The van der Waals surface area contributed by atoms with Gasteiger partial charge in [0.15, 0.2) is 0 Å². The average molecular weight is 405 g/mol. The largest absolute Gasteiger partial charge is 0.142 e. The molecule has 1 heterocycles. The lowest BCUT2D eigenvalue weighted by Gasteiger charge is -2.29. The summed E-state index contributed by atoms with van der Waals surface area (Å²) in [7, 11) is 0. The normalized spacial score (nSPS) is 29.0. The number of aryl methyl sites for hydroxylation is 1. The van der Waals surface area contributed by atoms with Crippen LogP contribution < -0.4 is 0 Å². The van der Waals surface area contributed by atoms with Gasteiger partial charge in [0, 0.05) is 0 Å². The lowest BCUT2D eigenvalue weighted by molar-refractivity contribution is 0.252. The third-order valence-corrected chi connectivity index (χ3v) is 9.98. The standard InChI is InChI=1S/C25H40S2/c1-3-5-7-23-18-26-25(27-19-23)24-16-14-22(15-17-24)13-12-21-10-8-20(6-4-2)9-11-21/h14-17,20-21,23,25H,3-13,18-19H2,1-2H3. The van der Waals surface area contributed by atoms with Crippen LogP contribution in [0, 0.1) is 17.8 Å². The van der Waals surface area contributed by atoms with Gasteiger partial charge in [-0.3, -0.25) is 0 Å². The van der Waals surface area contributed by atoms with Crippen LogP contribution in [-0.2, 0) is 6.42 Å². The molecule has 0 bridgehead atoms. The highest BCUT2D eigenvalue weighted by atomic mass is 32.2. The minimum Gasteiger partial charge on any atom is -0.142 e. The molecule has 2 aliphatic rings. The molecule has 1 aliphatic carbocycles. The second-order valence-electron chi connectivity index (χ2n) is 8.96. The molecule has 2 fully saturated rings. The van der Waals surface area contributed by atoms with E-state index in [0.29, 0.717) is 4.58 Å². The van der Waals surface area contributed by atoms with Gasteiger partial charge in [-0.15, -0.1) is 23.5 Å². The van der Waals surface area contributed by atoms with Crippen LogP contribution in [0.2, 0.25) is 0 Å². The summed E-state index contributed by atoms with van der Waals surface area (Å²) < 4.78 is 0.672. The van der Waals surface area contributed by atoms with E-state index in [1.165, 1.54) is 82.1 Å². The zero-order chi connectivity index (χ0) is 18.9. The molecular formula is C25H40S2. The van der Waals surface area contributed by atoms with E-state index in [-0.39, 0.29) is 0 Å². The fraction of sp³-hybridized carbons (Fsp3) is 0.760. The Morgan fingerprint density at radius 3 is 1.96 bits per heavy atom. The first-order valence-corrected chi connectivity index (χ1v) is 13.7. The number of unbranched alkanes of at least 4 members (excludes halogenated alkanes) is 1. The van der Waals surface area contributed by atoms with Crippen LogP contribution in [0.25, 0.3) is 0 Å². The van der Waals surface area contributed by atoms with Gasteiger partial charge in [-0.1, -0.05) is 89.5 Å². The number of hydrogen-bond acceptors (Lipinski definition) is 2.